The first-order valence-corrected chi connectivity index (χ1v) is 6.40. The Bertz CT molecular complexity index is 354. The second-order valence-corrected chi connectivity index (χ2v) is 5.21. The molecule has 1 aromatic heterocycles. The van der Waals surface area contributed by atoms with Gasteiger partial charge in [0.25, 0.3) is 0 Å². The summed E-state index contributed by atoms with van der Waals surface area (Å²) in [6, 6.07) is 4.41. The molecular weight excluding hydrogens is 236 g/mol. The summed E-state index contributed by atoms with van der Waals surface area (Å²) in [7, 11) is 4.33. The van der Waals surface area contributed by atoms with E-state index in [-0.39, 0.29) is 0 Å². The molecule has 0 aliphatic carbocycles. The maximum Gasteiger partial charge on any atom is 0.151 e. The summed E-state index contributed by atoms with van der Waals surface area (Å²) < 4.78 is 0. The van der Waals surface area contributed by atoms with E-state index in [0.29, 0.717) is 11.2 Å². The summed E-state index contributed by atoms with van der Waals surface area (Å²) in [5.74, 6) is 0. The molecule has 1 aromatic rings. The van der Waals surface area contributed by atoms with Gasteiger partial charge in [0.1, 0.15) is 0 Å². The third-order valence-electron chi connectivity index (χ3n) is 3.31. The van der Waals surface area contributed by atoms with Gasteiger partial charge in [-0.25, -0.2) is 0 Å². The number of nitrogens with zero attached hydrogens (tertiary/aromatic N) is 4. The second kappa shape index (κ2) is 5.76. The monoisotopic (exact) mass is 254 g/mol. The first kappa shape index (κ1) is 12.7. The van der Waals surface area contributed by atoms with E-state index in [2.05, 4.69) is 34.1 Å². The summed E-state index contributed by atoms with van der Waals surface area (Å²) in [6.45, 7) is 3.13. The fourth-order valence-electron chi connectivity index (χ4n) is 2.34. The lowest BCUT2D eigenvalue weighted by Crippen LogP contribution is -2.36. The van der Waals surface area contributed by atoms with Crippen molar-refractivity contribution in [2.24, 2.45) is 0 Å². The zero-order valence-corrected chi connectivity index (χ0v) is 11.2. The van der Waals surface area contributed by atoms with Crippen LogP contribution in [0.2, 0.25) is 5.15 Å². The van der Waals surface area contributed by atoms with Crippen LogP contribution in [-0.4, -0.2) is 53.2 Å². The third kappa shape index (κ3) is 3.63. The molecule has 1 fully saturated rings. The molecule has 0 bridgehead atoms. The van der Waals surface area contributed by atoms with Crippen molar-refractivity contribution in [3.8, 4) is 0 Å². The summed E-state index contributed by atoms with van der Waals surface area (Å²) in [5.41, 5.74) is 0.970. The van der Waals surface area contributed by atoms with Crippen LogP contribution in [0.5, 0.6) is 0 Å². The molecule has 0 radical (unpaired) electrons. The van der Waals surface area contributed by atoms with Crippen LogP contribution in [0.1, 0.15) is 18.5 Å². The molecule has 2 rings (SSSR count). The van der Waals surface area contributed by atoms with Crippen molar-refractivity contribution in [3.05, 3.63) is 23.0 Å². The molecule has 2 heterocycles. The van der Waals surface area contributed by atoms with E-state index in [0.717, 1.165) is 18.8 Å². The summed E-state index contributed by atoms with van der Waals surface area (Å²) in [6.07, 6.45) is 2.61. The normalized spacial score (nSPS) is 21.3. The van der Waals surface area contributed by atoms with E-state index in [1.165, 1.54) is 19.4 Å². The van der Waals surface area contributed by atoms with Crippen LogP contribution in [0, 0.1) is 0 Å². The lowest BCUT2D eigenvalue weighted by molar-refractivity contribution is 0.214. The van der Waals surface area contributed by atoms with Crippen LogP contribution in [0.15, 0.2) is 12.1 Å². The minimum atomic E-state index is 0.451. The number of likely N-dealkylation sites (tertiary alicyclic amines) is 1. The van der Waals surface area contributed by atoms with E-state index >= 15 is 0 Å². The Labute approximate surface area is 108 Å². The molecule has 0 N–H and O–H groups in total. The van der Waals surface area contributed by atoms with E-state index < -0.39 is 0 Å². The maximum atomic E-state index is 5.71. The van der Waals surface area contributed by atoms with Crippen LogP contribution in [0.3, 0.4) is 0 Å². The fourth-order valence-corrected chi connectivity index (χ4v) is 2.44. The van der Waals surface area contributed by atoms with E-state index in [4.69, 9.17) is 11.6 Å². The molecule has 1 saturated heterocycles. The van der Waals surface area contributed by atoms with Crippen molar-refractivity contribution in [1.82, 2.24) is 20.0 Å². The second-order valence-electron chi connectivity index (χ2n) is 4.82. The minimum Gasteiger partial charge on any atom is -0.302 e. The van der Waals surface area contributed by atoms with Crippen molar-refractivity contribution in [3.63, 3.8) is 0 Å². The van der Waals surface area contributed by atoms with Gasteiger partial charge in [-0.05, 0) is 45.6 Å². The molecule has 4 nitrogen and oxygen atoms in total. The number of hydrogen-bond donors (Lipinski definition) is 0. The van der Waals surface area contributed by atoms with Crippen LogP contribution < -0.4 is 0 Å². The van der Waals surface area contributed by atoms with Crippen LogP contribution in [-0.2, 0) is 6.54 Å². The van der Waals surface area contributed by atoms with Gasteiger partial charge in [0.05, 0.1) is 5.69 Å². The molecule has 17 heavy (non-hydrogen) atoms. The molecule has 1 unspecified atom stereocenters. The lowest BCUT2D eigenvalue weighted by Gasteiger charge is -2.25. The third-order valence-corrected chi connectivity index (χ3v) is 3.51. The fraction of sp³-hybridized carbons (Fsp3) is 0.667. The molecule has 0 aromatic carbocycles. The highest BCUT2D eigenvalue weighted by atomic mass is 35.5. The minimum absolute atomic E-state index is 0.451. The Hall–Kier alpha value is -0.710. The lowest BCUT2D eigenvalue weighted by atomic mass is 10.2. The molecule has 94 valence electrons. The highest BCUT2D eigenvalue weighted by Crippen LogP contribution is 2.16. The van der Waals surface area contributed by atoms with Crippen molar-refractivity contribution >= 4 is 11.6 Å². The number of halogens is 1. The van der Waals surface area contributed by atoms with Crippen LogP contribution in [0.4, 0.5) is 0 Å². The molecule has 0 spiro atoms. The Morgan fingerprint density at radius 2 is 2.29 bits per heavy atom. The van der Waals surface area contributed by atoms with Gasteiger partial charge < -0.3 is 4.90 Å². The predicted molar refractivity (Wildman–Crippen MR) is 69.0 cm³/mol. The number of hydrogen-bond acceptors (Lipinski definition) is 4. The quantitative estimate of drug-likeness (QED) is 0.818. The first-order valence-electron chi connectivity index (χ1n) is 6.02. The van der Waals surface area contributed by atoms with Gasteiger partial charge in [0.15, 0.2) is 5.15 Å². The molecule has 0 saturated carbocycles. The Balaban J connectivity index is 1.84. The number of rotatable bonds is 4. The van der Waals surface area contributed by atoms with Crippen molar-refractivity contribution in [2.75, 3.05) is 27.2 Å². The largest absolute Gasteiger partial charge is 0.302 e. The zero-order chi connectivity index (χ0) is 12.3. The van der Waals surface area contributed by atoms with Crippen molar-refractivity contribution < 1.29 is 0 Å². The molecule has 5 heteroatoms. The summed E-state index contributed by atoms with van der Waals surface area (Å²) in [5, 5.41) is 8.38. The average molecular weight is 255 g/mol. The summed E-state index contributed by atoms with van der Waals surface area (Å²) in [4.78, 5) is 4.73. The topological polar surface area (TPSA) is 32.3 Å². The summed E-state index contributed by atoms with van der Waals surface area (Å²) >= 11 is 5.71. The van der Waals surface area contributed by atoms with Gasteiger partial charge in [-0.2, -0.15) is 5.10 Å². The van der Waals surface area contributed by atoms with Gasteiger partial charge in [-0.1, -0.05) is 11.6 Å². The SMILES string of the molecule is CN(Cc1ccc(Cl)nn1)CC1CCCN1C. The maximum absolute atomic E-state index is 5.71. The van der Waals surface area contributed by atoms with E-state index in [9.17, 15) is 0 Å². The predicted octanol–water partition coefficient (Wildman–Crippen LogP) is 1.66. The van der Waals surface area contributed by atoms with Gasteiger partial charge in [-0.15, -0.1) is 5.10 Å². The molecule has 0 amide bonds. The average Bonchev–Trinajstić information content (AvgIpc) is 2.68. The zero-order valence-electron chi connectivity index (χ0n) is 10.4. The van der Waals surface area contributed by atoms with Gasteiger partial charge in [0.2, 0.25) is 0 Å². The highest BCUT2D eigenvalue weighted by Gasteiger charge is 2.22. The van der Waals surface area contributed by atoms with Gasteiger partial charge in [-0.3, -0.25) is 4.90 Å². The molecular formula is C12H19ClN4. The standard InChI is InChI=1S/C12H19ClN4/c1-16(9-11-4-3-7-17(11)2)8-10-5-6-12(13)15-14-10/h5-6,11H,3-4,7-9H2,1-2H3. The molecule has 1 aliphatic heterocycles. The highest BCUT2D eigenvalue weighted by molar-refractivity contribution is 6.29. The Morgan fingerprint density at radius 1 is 1.47 bits per heavy atom. The van der Waals surface area contributed by atoms with E-state index in [1.54, 1.807) is 6.07 Å². The van der Waals surface area contributed by atoms with E-state index in [1.807, 2.05) is 6.07 Å². The van der Waals surface area contributed by atoms with Crippen LogP contribution in [0.25, 0.3) is 0 Å². The molecule has 1 atom stereocenters. The Morgan fingerprint density at radius 3 is 2.88 bits per heavy atom. The van der Waals surface area contributed by atoms with Crippen LogP contribution >= 0.6 is 11.6 Å². The van der Waals surface area contributed by atoms with Crippen molar-refractivity contribution in [1.29, 1.82) is 0 Å². The van der Waals surface area contributed by atoms with Gasteiger partial charge in [0, 0.05) is 19.1 Å². The van der Waals surface area contributed by atoms with Gasteiger partial charge >= 0.3 is 0 Å². The number of aromatic nitrogens is 2. The number of likely N-dealkylation sites (N-methyl/N-ethyl adjacent to an activating group) is 2. The van der Waals surface area contributed by atoms with Crippen molar-refractivity contribution in [2.45, 2.75) is 25.4 Å². The first-order chi connectivity index (χ1) is 8.15. The molecule has 1 aliphatic rings. The Kier molecular flexibility index (Phi) is 4.31. The smallest absolute Gasteiger partial charge is 0.151 e.